The zero-order valence-corrected chi connectivity index (χ0v) is 13.7. The van der Waals surface area contributed by atoms with E-state index in [1.54, 1.807) is 7.11 Å². The van der Waals surface area contributed by atoms with Crippen LogP contribution < -0.4 is 19.5 Å². The molecule has 1 heterocycles. The Balaban J connectivity index is 1.43. The molecule has 24 heavy (non-hydrogen) atoms. The first-order chi connectivity index (χ1) is 11.8. The summed E-state index contributed by atoms with van der Waals surface area (Å²) in [6, 6.07) is 13.6. The predicted octanol–water partition coefficient (Wildman–Crippen LogP) is 2.72. The average molecular weight is 327 g/mol. The van der Waals surface area contributed by atoms with E-state index >= 15 is 0 Å². The molecule has 0 aliphatic carbocycles. The van der Waals surface area contributed by atoms with Gasteiger partial charge in [0.15, 0.2) is 11.5 Å². The van der Waals surface area contributed by atoms with Gasteiger partial charge in [-0.1, -0.05) is 24.3 Å². The molecular weight excluding hydrogens is 306 g/mol. The zero-order valence-electron chi connectivity index (χ0n) is 13.7. The Morgan fingerprint density at radius 2 is 1.96 bits per heavy atom. The quantitative estimate of drug-likeness (QED) is 0.849. The highest BCUT2D eigenvalue weighted by atomic mass is 16.7. The lowest BCUT2D eigenvalue weighted by Gasteiger charge is -2.09. The summed E-state index contributed by atoms with van der Waals surface area (Å²) < 4.78 is 15.9. The molecule has 2 aromatic rings. The van der Waals surface area contributed by atoms with Gasteiger partial charge in [-0.25, -0.2) is 0 Å². The van der Waals surface area contributed by atoms with Crippen LogP contribution in [0.25, 0.3) is 0 Å². The molecule has 1 aliphatic rings. The minimum Gasteiger partial charge on any atom is -0.496 e. The normalized spacial score (nSPS) is 12.0. The van der Waals surface area contributed by atoms with Crippen LogP contribution in [-0.2, 0) is 17.6 Å². The second kappa shape index (κ2) is 7.73. The maximum Gasteiger partial charge on any atom is 0.231 e. The van der Waals surface area contributed by atoms with Crippen molar-refractivity contribution in [3.05, 3.63) is 53.6 Å². The number of nitrogens with one attached hydrogen (secondary N) is 1. The Morgan fingerprint density at radius 3 is 2.83 bits per heavy atom. The summed E-state index contributed by atoms with van der Waals surface area (Å²) in [5, 5.41) is 2.95. The maximum atomic E-state index is 12.0. The Hall–Kier alpha value is -2.69. The number of fused-ring (bicyclic) bond motifs is 1. The second-order valence-electron chi connectivity index (χ2n) is 5.60. The molecule has 0 fully saturated rings. The molecule has 1 aliphatic heterocycles. The van der Waals surface area contributed by atoms with Gasteiger partial charge in [0, 0.05) is 13.0 Å². The molecule has 5 heteroatoms. The molecule has 0 saturated heterocycles. The van der Waals surface area contributed by atoms with Crippen LogP contribution in [0.2, 0.25) is 0 Å². The number of para-hydroxylation sites is 1. The van der Waals surface area contributed by atoms with E-state index in [0.717, 1.165) is 34.8 Å². The number of carbonyl (C=O) groups is 1. The van der Waals surface area contributed by atoms with E-state index in [1.165, 1.54) is 0 Å². The molecule has 0 aromatic heterocycles. The number of hydrogen-bond donors (Lipinski definition) is 1. The lowest BCUT2D eigenvalue weighted by molar-refractivity contribution is -0.121. The topological polar surface area (TPSA) is 56.8 Å². The van der Waals surface area contributed by atoms with Crippen LogP contribution in [0.4, 0.5) is 0 Å². The number of hydrogen-bond acceptors (Lipinski definition) is 4. The van der Waals surface area contributed by atoms with Crippen molar-refractivity contribution < 1.29 is 19.0 Å². The Kier molecular flexibility index (Phi) is 5.21. The fraction of sp³-hybridized carbons (Fsp3) is 0.316. The summed E-state index contributed by atoms with van der Waals surface area (Å²) in [5.74, 6) is 2.42. The second-order valence-corrected chi connectivity index (χ2v) is 5.60. The van der Waals surface area contributed by atoms with Crippen LogP contribution >= 0.6 is 0 Å². The van der Waals surface area contributed by atoms with Gasteiger partial charge in [0.2, 0.25) is 12.7 Å². The molecule has 5 nitrogen and oxygen atoms in total. The molecule has 0 saturated carbocycles. The number of carbonyl (C=O) groups excluding carboxylic acids is 1. The number of ether oxygens (including phenoxy) is 3. The van der Waals surface area contributed by atoms with E-state index in [1.807, 2.05) is 42.5 Å². The third-order valence-electron chi connectivity index (χ3n) is 3.99. The van der Waals surface area contributed by atoms with E-state index in [-0.39, 0.29) is 12.7 Å². The summed E-state index contributed by atoms with van der Waals surface area (Å²) in [5.41, 5.74) is 2.16. The highest BCUT2D eigenvalue weighted by Gasteiger charge is 2.13. The highest BCUT2D eigenvalue weighted by Crippen LogP contribution is 2.32. The lowest BCUT2D eigenvalue weighted by Crippen LogP contribution is -2.26. The molecule has 3 rings (SSSR count). The van der Waals surface area contributed by atoms with Crippen LogP contribution in [-0.4, -0.2) is 26.4 Å². The van der Waals surface area contributed by atoms with Crippen molar-refractivity contribution in [2.75, 3.05) is 20.4 Å². The van der Waals surface area contributed by atoms with Gasteiger partial charge in [0.05, 0.1) is 7.11 Å². The molecule has 0 atom stereocenters. The first kappa shape index (κ1) is 16.2. The summed E-state index contributed by atoms with van der Waals surface area (Å²) in [7, 11) is 1.66. The molecular formula is C19H21NO4. The first-order valence-electron chi connectivity index (χ1n) is 8.03. The van der Waals surface area contributed by atoms with Crippen LogP contribution in [0.1, 0.15) is 17.5 Å². The van der Waals surface area contributed by atoms with Gasteiger partial charge < -0.3 is 19.5 Å². The largest absolute Gasteiger partial charge is 0.496 e. The highest BCUT2D eigenvalue weighted by molar-refractivity contribution is 5.76. The third kappa shape index (κ3) is 3.98. The van der Waals surface area contributed by atoms with E-state index in [9.17, 15) is 4.79 Å². The van der Waals surface area contributed by atoms with Gasteiger partial charge in [0.1, 0.15) is 5.75 Å². The van der Waals surface area contributed by atoms with Crippen molar-refractivity contribution >= 4 is 5.91 Å². The van der Waals surface area contributed by atoms with Gasteiger partial charge in [-0.3, -0.25) is 4.79 Å². The van der Waals surface area contributed by atoms with Crippen molar-refractivity contribution in [1.29, 1.82) is 0 Å². The van der Waals surface area contributed by atoms with Crippen LogP contribution in [0.15, 0.2) is 42.5 Å². The van der Waals surface area contributed by atoms with Gasteiger partial charge in [0.25, 0.3) is 0 Å². The number of aryl methyl sites for hydroxylation is 1. The van der Waals surface area contributed by atoms with Crippen LogP contribution in [0.3, 0.4) is 0 Å². The summed E-state index contributed by atoms with van der Waals surface area (Å²) in [6.07, 6.45) is 1.88. The minimum absolute atomic E-state index is 0.0440. The van der Waals surface area contributed by atoms with Crippen LogP contribution in [0, 0.1) is 0 Å². The third-order valence-corrected chi connectivity index (χ3v) is 3.99. The molecule has 1 N–H and O–H groups in total. The average Bonchev–Trinajstić information content (AvgIpc) is 3.08. The minimum atomic E-state index is 0.0440. The first-order valence-corrected chi connectivity index (χ1v) is 8.03. The molecule has 2 aromatic carbocycles. The van der Waals surface area contributed by atoms with Crippen molar-refractivity contribution in [1.82, 2.24) is 5.32 Å². The summed E-state index contributed by atoms with van der Waals surface area (Å²) in [6.45, 7) is 0.864. The number of amides is 1. The lowest BCUT2D eigenvalue weighted by atomic mass is 10.1. The molecule has 0 radical (unpaired) electrons. The van der Waals surface area contributed by atoms with Crippen molar-refractivity contribution in [3.63, 3.8) is 0 Å². The fourth-order valence-corrected chi connectivity index (χ4v) is 2.69. The van der Waals surface area contributed by atoms with Crippen molar-refractivity contribution in [3.8, 4) is 17.2 Å². The molecule has 0 unspecified atom stereocenters. The zero-order chi connectivity index (χ0) is 16.8. The maximum absolute atomic E-state index is 12.0. The van der Waals surface area contributed by atoms with Gasteiger partial charge >= 0.3 is 0 Å². The molecule has 0 spiro atoms. The summed E-state index contributed by atoms with van der Waals surface area (Å²) in [4.78, 5) is 12.0. The monoisotopic (exact) mass is 327 g/mol. The number of benzene rings is 2. The van der Waals surface area contributed by atoms with E-state index < -0.39 is 0 Å². The fourth-order valence-electron chi connectivity index (χ4n) is 2.69. The van der Waals surface area contributed by atoms with Crippen molar-refractivity contribution in [2.45, 2.75) is 19.3 Å². The van der Waals surface area contributed by atoms with Gasteiger partial charge in [-0.05, 0) is 42.2 Å². The van der Waals surface area contributed by atoms with Gasteiger partial charge in [-0.15, -0.1) is 0 Å². The Morgan fingerprint density at radius 1 is 1.12 bits per heavy atom. The predicted molar refractivity (Wildman–Crippen MR) is 90.6 cm³/mol. The number of methoxy groups -OCH3 is 1. The van der Waals surface area contributed by atoms with Crippen molar-refractivity contribution in [2.24, 2.45) is 0 Å². The molecule has 126 valence electrons. The summed E-state index contributed by atoms with van der Waals surface area (Å²) >= 11 is 0. The molecule has 1 amide bonds. The van der Waals surface area contributed by atoms with E-state index in [2.05, 4.69) is 5.32 Å². The van der Waals surface area contributed by atoms with E-state index in [0.29, 0.717) is 19.4 Å². The van der Waals surface area contributed by atoms with Gasteiger partial charge in [-0.2, -0.15) is 0 Å². The Bertz CT molecular complexity index is 714. The SMILES string of the molecule is COc1ccccc1CCNC(=O)CCc1ccc2c(c1)OCO2. The van der Waals surface area contributed by atoms with E-state index in [4.69, 9.17) is 14.2 Å². The van der Waals surface area contributed by atoms with Crippen LogP contribution in [0.5, 0.6) is 17.2 Å². The standard InChI is InChI=1S/C19H21NO4/c1-22-16-5-3-2-4-15(16)10-11-20-19(21)9-7-14-6-8-17-18(12-14)24-13-23-17/h2-6,8,12H,7,9-11,13H2,1H3,(H,20,21). The Labute approximate surface area is 141 Å². The molecule has 0 bridgehead atoms. The smallest absolute Gasteiger partial charge is 0.231 e. The number of rotatable bonds is 7.